The first-order valence-electron chi connectivity index (χ1n) is 4.73. The van der Waals surface area contributed by atoms with E-state index in [-0.39, 0.29) is 0 Å². The molecule has 0 aromatic heterocycles. The summed E-state index contributed by atoms with van der Waals surface area (Å²) in [5.41, 5.74) is 1.31. The van der Waals surface area contributed by atoms with E-state index in [2.05, 4.69) is 53.3 Å². The van der Waals surface area contributed by atoms with Crippen LogP contribution in [0.3, 0.4) is 0 Å². The molecule has 0 radical (unpaired) electrons. The summed E-state index contributed by atoms with van der Waals surface area (Å²) in [6, 6.07) is 6.54. The van der Waals surface area contributed by atoms with Gasteiger partial charge in [-0.15, -0.1) is 11.8 Å². The second-order valence-electron chi connectivity index (χ2n) is 3.46. The average Bonchev–Trinajstić information content (AvgIpc) is 2.10. The Hall–Kier alpha value is 0.01000. The van der Waals surface area contributed by atoms with E-state index in [4.69, 9.17) is 0 Å². The van der Waals surface area contributed by atoms with Crippen LogP contribution in [0, 0.1) is 0 Å². The highest BCUT2D eigenvalue weighted by Crippen LogP contribution is 2.31. The van der Waals surface area contributed by atoms with Gasteiger partial charge in [0.25, 0.3) is 0 Å². The van der Waals surface area contributed by atoms with Crippen LogP contribution in [0.2, 0.25) is 0 Å². The van der Waals surface area contributed by atoms with Gasteiger partial charge in [-0.05, 0) is 40.7 Å². The van der Waals surface area contributed by atoms with Gasteiger partial charge in [0.15, 0.2) is 0 Å². The van der Waals surface area contributed by atoms with Crippen LogP contribution < -0.4 is 5.32 Å². The van der Waals surface area contributed by atoms with Gasteiger partial charge in [0, 0.05) is 21.2 Å². The van der Waals surface area contributed by atoms with E-state index in [1.807, 2.05) is 18.8 Å². The van der Waals surface area contributed by atoms with Gasteiger partial charge in [0.05, 0.1) is 0 Å². The lowest BCUT2D eigenvalue weighted by Gasteiger charge is -2.08. The summed E-state index contributed by atoms with van der Waals surface area (Å²) in [7, 11) is 1.96. The third kappa shape index (κ3) is 3.64. The van der Waals surface area contributed by atoms with Crippen LogP contribution in [0.5, 0.6) is 0 Å². The molecule has 0 amide bonds. The largest absolute Gasteiger partial charge is 0.316 e. The van der Waals surface area contributed by atoms with Gasteiger partial charge in [-0.3, -0.25) is 0 Å². The lowest BCUT2D eigenvalue weighted by atomic mass is 10.2. The quantitative estimate of drug-likeness (QED) is 0.841. The highest BCUT2D eigenvalue weighted by Gasteiger charge is 2.03. The van der Waals surface area contributed by atoms with Crippen LogP contribution in [0.1, 0.15) is 19.4 Å². The molecular weight excluding hydrogens is 258 g/mol. The standard InChI is InChI=1S/C11H16BrNS/c1-8(2)14-11-5-4-9(7-13-3)6-10(11)12/h4-6,8,13H,7H2,1-3H3. The van der Waals surface area contributed by atoms with E-state index >= 15 is 0 Å². The van der Waals surface area contributed by atoms with Gasteiger partial charge in [-0.1, -0.05) is 19.9 Å². The van der Waals surface area contributed by atoms with Crippen LogP contribution in [-0.2, 0) is 6.54 Å². The molecule has 1 rings (SSSR count). The zero-order valence-electron chi connectivity index (χ0n) is 8.80. The Labute approximate surface area is 98.8 Å². The predicted octanol–water partition coefficient (Wildman–Crippen LogP) is 3.67. The fourth-order valence-electron chi connectivity index (χ4n) is 1.21. The zero-order chi connectivity index (χ0) is 10.6. The molecule has 0 heterocycles. The summed E-state index contributed by atoms with van der Waals surface area (Å²) < 4.78 is 1.20. The topological polar surface area (TPSA) is 12.0 Å². The van der Waals surface area contributed by atoms with Crippen molar-refractivity contribution in [2.24, 2.45) is 0 Å². The summed E-state index contributed by atoms with van der Waals surface area (Å²) in [6.07, 6.45) is 0. The number of benzene rings is 1. The maximum absolute atomic E-state index is 3.60. The molecule has 0 bridgehead atoms. The highest BCUT2D eigenvalue weighted by molar-refractivity contribution is 9.10. The minimum atomic E-state index is 0.626. The monoisotopic (exact) mass is 273 g/mol. The molecule has 14 heavy (non-hydrogen) atoms. The SMILES string of the molecule is CNCc1ccc(SC(C)C)c(Br)c1. The van der Waals surface area contributed by atoms with Crippen LogP contribution in [0.4, 0.5) is 0 Å². The lowest BCUT2D eigenvalue weighted by molar-refractivity contribution is 0.816. The Kier molecular flexibility index (Phi) is 4.99. The van der Waals surface area contributed by atoms with Gasteiger partial charge >= 0.3 is 0 Å². The normalized spacial score (nSPS) is 10.9. The van der Waals surface area contributed by atoms with Crippen LogP contribution >= 0.6 is 27.7 Å². The Morgan fingerprint density at radius 3 is 2.64 bits per heavy atom. The van der Waals surface area contributed by atoms with Crippen molar-refractivity contribution in [2.45, 2.75) is 30.5 Å². The number of thioether (sulfide) groups is 1. The molecule has 1 N–H and O–H groups in total. The fraction of sp³-hybridized carbons (Fsp3) is 0.455. The van der Waals surface area contributed by atoms with E-state index in [0.29, 0.717) is 5.25 Å². The van der Waals surface area contributed by atoms with Crippen LogP contribution in [0.15, 0.2) is 27.6 Å². The number of hydrogen-bond acceptors (Lipinski definition) is 2. The van der Waals surface area contributed by atoms with Crippen molar-refractivity contribution < 1.29 is 0 Å². The average molecular weight is 274 g/mol. The summed E-state index contributed by atoms with van der Waals surface area (Å²) >= 11 is 5.48. The molecule has 0 aliphatic carbocycles. The lowest BCUT2D eigenvalue weighted by Crippen LogP contribution is -2.04. The first kappa shape index (κ1) is 12.1. The number of hydrogen-bond donors (Lipinski definition) is 1. The molecule has 1 nitrogen and oxygen atoms in total. The van der Waals surface area contributed by atoms with Crippen LogP contribution in [0.25, 0.3) is 0 Å². The number of rotatable bonds is 4. The maximum atomic E-state index is 3.60. The van der Waals surface area contributed by atoms with Crippen molar-refractivity contribution in [1.29, 1.82) is 0 Å². The Morgan fingerprint density at radius 2 is 2.14 bits per heavy atom. The van der Waals surface area contributed by atoms with Crippen molar-refractivity contribution >= 4 is 27.7 Å². The second kappa shape index (κ2) is 5.79. The molecular formula is C11H16BrNS. The molecule has 0 aliphatic heterocycles. The molecule has 78 valence electrons. The highest BCUT2D eigenvalue weighted by atomic mass is 79.9. The number of halogens is 1. The van der Waals surface area contributed by atoms with E-state index in [9.17, 15) is 0 Å². The molecule has 0 atom stereocenters. The van der Waals surface area contributed by atoms with Crippen molar-refractivity contribution in [3.8, 4) is 0 Å². The van der Waals surface area contributed by atoms with E-state index < -0.39 is 0 Å². The van der Waals surface area contributed by atoms with Gasteiger partial charge in [0.2, 0.25) is 0 Å². The molecule has 0 fully saturated rings. The Morgan fingerprint density at radius 1 is 1.43 bits per heavy atom. The molecule has 0 spiro atoms. The summed E-state index contributed by atoms with van der Waals surface area (Å²) in [4.78, 5) is 1.32. The Balaban J connectivity index is 2.79. The first-order valence-corrected chi connectivity index (χ1v) is 6.40. The molecule has 0 saturated carbocycles. The third-order valence-electron chi connectivity index (χ3n) is 1.74. The second-order valence-corrected chi connectivity index (χ2v) is 5.93. The van der Waals surface area contributed by atoms with Crippen molar-refractivity contribution in [3.63, 3.8) is 0 Å². The minimum Gasteiger partial charge on any atom is -0.316 e. The van der Waals surface area contributed by atoms with Crippen molar-refractivity contribution in [2.75, 3.05) is 7.05 Å². The van der Waals surface area contributed by atoms with E-state index in [1.165, 1.54) is 14.9 Å². The number of nitrogens with one attached hydrogen (secondary N) is 1. The molecule has 3 heteroatoms. The van der Waals surface area contributed by atoms with Gasteiger partial charge in [-0.25, -0.2) is 0 Å². The Bertz CT molecular complexity index is 299. The van der Waals surface area contributed by atoms with Crippen molar-refractivity contribution in [1.82, 2.24) is 5.32 Å². The van der Waals surface area contributed by atoms with E-state index in [1.54, 1.807) is 0 Å². The zero-order valence-corrected chi connectivity index (χ0v) is 11.2. The van der Waals surface area contributed by atoms with Crippen molar-refractivity contribution in [3.05, 3.63) is 28.2 Å². The fourth-order valence-corrected chi connectivity index (χ4v) is 2.74. The maximum Gasteiger partial charge on any atom is 0.0314 e. The first-order chi connectivity index (χ1) is 6.63. The van der Waals surface area contributed by atoms with Gasteiger partial charge < -0.3 is 5.32 Å². The summed E-state index contributed by atoms with van der Waals surface area (Å²) in [5, 5.41) is 3.77. The molecule has 1 aromatic carbocycles. The third-order valence-corrected chi connectivity index (χ3v) is 3.74. The minimum absolute atomic E-state index is 0.626. The summed E-state index contributed by atoms with van der Waals surface area (Å²) in [5.74, 6) is 0. The smallest absolute Gasteiger partial charge is 0.0314 e. The molecule has 0 aliphatic rings. The van der Waals surface area contributed by atoms with Gasteiger partial charge in [0.1, 0.15) is 0 Å². The van der Waals surface area contributed by atoms with Gasteiger partial charge in [-0.2, -0.15) is 0 Å². The molecule has 1 aromatic rings. The van der Waals surface area contributed by atoms with Crippen LogP contribution in [-0.4, -0.2) is 12.3 Å². The predicted molar refractivity (Wildman–Crippen MR) is 67.9 cm³/mol. The summed E-state index contributed by atoms with van der Waals surface area (Å²) in [6.45, 7) is 5.34. The van der Waals surface area contributed by atoms with E-state index in [0.717, 1.165) is 6.54 Å². The molecule has 0 unspecified atom stereocenters. The molecule has 0 saturated heterocycles.